The van der Waals surface area contributed by atoms with Gasteiger partial charge in [0.1, 0.15) is 12.6 Å². The molecular formula is C32H40ClN3O4S. The molecule has 3 aromatic carbocycles. The predicted octanol–water partition coefficient (Wildman–Crippen LogP) is 6.18. The first-order chi connectivity index (χ1) is 19.4. The van der Waals surface area contributed by atoms with Crippen LogP contribution in [0, 0.1) is 20.8 Å². The maximum absolute atomic E-state index is 14.2. The number of carbonyl (C=O) groups is 2. The number of hydrogen-bond donors (Lipinski definition) is 1. The Hall–Kier alpha value is -3.36. The van der Waals surface area contributed by atoms with Gasteiger partial charge in [-0.15, -0.1) is 0 Å². The highest BCUT2D eigenvalue weighted by Gasteiger charge is 2.34. The Kier molecular flexibility index (Phi) is 11.0. The zero-order valence-electron chi connectivity index (χ0n) is 24.6. The highest BCUT2D eigenvalue weighted by molar-refractivity contribution is 7.92. The number of rotatable bonds is 12. The van der Waals surface area contributed by atoms with E-state index in [4.69, 9.17) is 11.6 Å². The second-order valence-electron chi connectivity index (χ2n) is 10.5. The lowest BCUT2D eigenvalue weighted by atomic mass is 10.1. The van der Waals surface area contributed by atoms with Gasteiger partial charge in [0.15, 0.2) is 0 Å². The van der Waals surface area contributed by atoms with Gasteiger partial charge in [0.25, 0.3) is 10.0 Å². The van der Waals surface area contributed by atoms with E-state index in [1.54, 1.807) is 37.3 Å². The van der Waals surface area contributed by atoms with Crippen LogP contribution in [0.2, 0.25) is 5.02 Å². The van der Waals surface area contributed by atoms with Crippen molar-refractivity contribution in [3.63, 3.8) is 0 Å². The molecule has 0 saturated carbocycles. The Morgan fingerprint density at radius 3 is 2.00 bits per heavy atom. The second-order valence-corrected chi connectivity index (χ2v) is 12.8. The van der Waals surface area contributed by atoms with Gasteiger partial charge >= 0.3 is 0 Å². The van der Waals surface area contributed by atoms with Crippen LogP contribution < -0.4 is 9.62 Å². The van der Waals surface area contributed by atoms with Crippen molar-refractivity contribution in [3.8, 4) is 0 Å². The van der Waals surface area contributed by atoms with Crippen molar-refractivity contribution in [1.29, 1.82) is 0 Å². The lowest BCUT2D eigenvalue weighted by Crippen LogP contribution is -2.53. The lowest BCUT2D eigenvalue weighted by molar-refractivity contribution is -0.140. The van der Waals surface area contributed by atoms with Gasteiger partial charge in [0.2, 0.25) is 11.8 Å². The highest BCUT2D eigenvalue weighted by Crippen LogP contribution is 2.29. The molecule has 0 heterocycles. The summed E-state index contributed by atoms with van der Waals surface area (Å²) in [5, 5.41) is 3.45. The van der Waals surface area contributed by atoms with E-state index in [-0.39, 0.29) is 23.4 Å². The Morgan fingerprint density at radius 1 is 0.878 bits per heavy atom. The minimum Gasteiger partial charge on any atom is -0.352 e. The summed E-state index contributed by atoms with van der Waals surface area (Å²) in [4.78, 5) is 29.1. The van der Waals surface area contributed by atoms with E-state index < -0.39 is 28.5 Å². The summed E-state index contributed by atoms with van der Waals surface area (Å²) >= 11 is 6.19. The summed E-state index contributed by atoms with van der Waals surface area (Å²) in [6.07, 6.45) is 1.11. The summed E-state index contributed by atoms with van der Waals surface area (Å²) in [6.45, 7) is 11.0. The molecule has 0 spiro atoms. The molecule has 0 aromatic heterocycles. The molecule has 2 amide bonds. The average molecular weight is 598 g/mol. The molecule has 7 nitrogen and oxygen atoms in total. The SMILES string of the molecule is CC[C@@H](C)NC(=O)[C@H](CC)N(Cc1ccc(C)cc1)C(=O)CN(c1ccc(Cl)cc1C)S(=O)(=O)c1ccc(C)cc1. The van der Waals surface area contributed by atoms with Crippen LogP contribution in [-0.2, 0) is 26.2 Å². The molecule has 0 fully saturated rings. The average Bonchev–Trinajstić information content (AvgIpc) is 2.93. The maximum Gasteiger partial charge on any atom is 0.264 e. The van der Waals surface area contributed by atoms with Gasteiger partial charge in [-0.25, -0.2) is 8.42 Å². The Morgan fingerprint density at radius 2 is 1.46 bits per heavy atom. The number of carbonyl (C=O) groups excluding carboxylic acids is 2. The molecule has 1 N–H and O–H groups in total. The van der Waals surface area contributed by atoms with Crippen LogP contribution in [0.4, 0.5) is 5.69 Å². The zero-order chi connectivity index (χ0) is 30.3. The van der Waals surface area contributed by atoms with E-state index in [0.717, 1.165) is 27.4 Å². The van der Waals surface area contributed by atoms with Crippen molar-refractivity contribution >= 4 is 39.1 Å². The lowest BCUT2D eigenvalue weighted by Gasteiger charge is -2.34. The first-order valence-electron chi connectivity index (χ1n) is 13.9. The van der Waals surface area contributed by atoms with Crippen molar-refractivity contribution < 1.29 is 18.0 Å². The Balaban J connectivity index is 2.09. The number of anilines is 1. The smallest absolute Gasteiger partial charge is 0.264 e. The molecule has 3 aromatic rings. The van der Waals surface area contributed by atoms with E-state index in [1.165, 1.54) is 17.0 Å². The van der Waals surface area contributed by atoms with E-state index >= 15 is 0 Å². The molecule has 0 aliphatic heterocycles. The third-order valence-electron chi connectivity index (χ3n) is 7.18. The van der Waals surface area contributed by atoms with Gasteiger partial charge in [0.05, 0.1) is 10.6 Å². The predicted molar refractivity (Wildman–Crippen MR) is 166 cm³/mol. The van der Waals surface area contributed by atoms with Crippen LogP contribution >= 0.6 is 11.6 Å². The molecule has 0 saturated heterocycles. The summed E-state index contributed by atoms with van der Waals surface area (Å²) in [5.74, 6) is -0.750. The van der Waals surface area contributed by atoms with Gasteiger partial charge in [-0.3, -0.25) is 13.9 Å². The number of halogens is 1. The number of sulfonamides is 1. The quantitative estimate of drug-likeness (QED) is 0.270. The van der Waals surface area contributed by atoms with Gasteiger partial charge in [0, 0.05) is 17.6 Å². The molecule has 41 heavy (non-hydrogen) atoms. The van der Waals surface area contributed by atoms with E-state index in [1.807, 2.05) is 58.9 Å². The normalized spacial score (nSPS) is 12.9. The standard InChI is InChI=1S/C32H40ClN3O4S/c1-7-25(6)34-32(38)29(8-2)35(20-26-13-9-22(3)10-14-26)31(37)21-36(30-18-15-27(33)19-24(30)5)41(39,40)28-16-11-23(4)12-17-28/h9-19,25,29H,7-8,20-21H2,1-6H3,(H,34,38)/t25-,29+/m1/s1. The largest absolute Gasteiger partial charge is 0.352 e. The van der Waals surface area contributed by atoms with E-state index in [2.05, 4.69) is 5.32 Å². The fraction of sp³-hybridized carbons (Fsp3) is 0.375. The summed E-state index contributed by atoms with van der Waals surface area (Å²) in [7, 11) is -4.15. The third-order valence-corrected chi connectivity index (χ3v) is 9.18. The monoisotopic (exact) mass is 597 g/mol. The number of amides is 2. The molecule has 0 radical (unpaired) electrons. The minimum atomic E-state index is -4.15. The fourth-order valence-electron chi connectivity index (χ4n) is 4.50. The first kappa shape index (κ1) is 32.2. The van der Waals surface area contributed by atoms with Crippen LogP contribution in [0.25, 0.3) is 0 Å². The van der Waals surface area contributed by atoms with Gasteiger partial charge < -0.3 is 10.2 Å². The molecule has 2 atom stereocenters. The minimum absolute atomic E-state index is 0.0666. The van der Waals surface area contributed by atoms with Crippen molar-refractivity contribution in [2.75, 3.05) is 10.8 Å². The molecule has 3 rings (SSSR count). The number of nitrogens with one attached hydrogen (secondary N) is 1. The van der Waals surface area contributed by atoms with Crippen molar-refractivity contribution in [2.24, 2.45) is 0 Å². The molecule has 0 bridgehead atoms. The third kappa shape index (κ3) is 8.11. The van der Waals surface area contributed by atoms with Crippen LogP contribution in [0.1, 0.15) is 55.9 Å². The molecule has 0 unspecified atom stereocenters. The fourth-order valence-corrected chi connectivity index (χ4v) is 6.21. The van der Waals surface area contributed by atoms with Gasteiger partial charge in [-0.2, -0.15) is 0 Å². The molecular weight excluding hydrogens is 558 g/mol. The number of hydrogen-bond acceptors (Lipinski definition) is 4. The number of aryl methyl sites for hydroxylation is 3. The van der Waals surface area contributed by atoms with Crippen LogP contribution in [0.5, 0.6) is 0 Å². The van der Waals surface area contributed by atoms with Crippen LogP contribution in [0.15, 0.2) is 71.6 Å². The van der Waals surface area contributed by atoms with Crippen molar-refractivity contribution in [3.05, 3.63) is 94.0 Å². The van der Waals surface area contributed by atoms with Crippen LogP contribution in [-0.4, -0.2) is 43.8 Å². The maximum atomic E-state index is 14.2. The highest BCUT2D eigenvalue weighted by atomic mass is 35.5. The van der Waals surface area contributed by atoms with Gasteiger partial charge in [-0.1, -0.05) is 73.0 Å². The van der Waals surface area contributed by atoms with E-state index in [0.29, 0.717) is 22.7 Å². The number of nitrogens with zero attached hydrogens (tertiary/aromatic N) is 2. The van der Waals surface area contributed by atoms with Crippen molar-refractivity contribution in [1.82, 2.24) is 10.2 Å². The Bertz CT molecular complexity index is 1460. The van der Waals surface area contributed by atoms with Gasteiger partial charge in [-0.05, 0) is 82.0 Å². The zero-order valence-corrected chi connectivity index (χ0v) is 26.2. The molecule has 0 aliphatic rings. The Labute approximate surface area is 249 Å². The van der Waals surface area contributed by atoms with E-state index in [9.17, 15) is 18.0 Å². The van der Waals surface area contributed by atoms with Crippen LogP contribution in [0.3, 0.4) is 0 Å². The topological polar surface area (TPSA) is 86.8 Å². The molecule has 220 valence electrons. The summed E-state index contributed by atoms with van der Waals surface area (Å²) in [6, 6.07) is 18.3. The molecule has 9 heteroatoms. The number of benzene rings is 3. The second kappa shape index (κ2) is 14.0. The first-order valence-corrected chi connectivity index (χ1v) is 15.7. The summed E-state index contributed by atoms with van der Waals surface area (Å²) < 4.78 is 29.2. The molecule has 0 aliphatic carbocycles. The summed E-state index contributed by atoms with van der Waals surface area (Å²) in [5.41, 5.74) is 3.77. The van der Waals surface area contributed by atoms with Crippen molar-refractivity contribution in [2.45, 2.75) is 77.9 Å².